The summed E-state index contributed by atoms with van der Waals surface area (Å²) in [6.45, 7) is 0.870. The lowest BCUT2D eigenvalue weighted by Crippen LogP contribution is -2.29. The van der Waals surface area contributed by atoms with Crippen LogP contribution in [0.25, 0.3) is 6.08 Å². The molecular formula is C24H25FN4O2. The van der Waals surface area contributed by atoms with Crippen molar-refractivity contribution >= 4 is 17.7 Å². The van der Waals surface area contributed by atoms with Crippen molar-refractivity contribution in [2.24, 2.45) is 5.73 Å². The molecule has 7 heteroatoms. The van der Waals surface area contributed by atoms with E-state index in [1.54, 1.807) is 30.6 Å². The Hall–Kier alpha value is -3.71. The van der Waals surface area contributed by atoms with E-state index in [1.807, 2.05) is 18.2 Å². The van der Waals surface area contributed by atoms with E-state index in [2.05, 4.69) is 27.8 Å². The minimum atomic E-state index is -0.590. The fraction of sp³-hybridized carbons (Fsp3) is 0.167. The van der Waals surface area contributed by atoms with E-state index in [9.17, 15) is 9.18 Å². The zero-order valence-electron chi connectivity index (χ0n) is 17.1. The minimum absolute atomic E-state index is 0.0370. The fourth-order valence-electron chi connectivity index (χ4n) is 2.96. The van der Waals surface area contributed by atoms with Gasteiger partial charge in [0.05, 0.1) is 6.54 Å². The third kappa shape index (κ3) is 6.94. The molecule has 6 nitrogen and oxygen atoms in total. The Morgan fingerprint density at radius 3 is 2.74 bits per heavy atom. The molecule has 3 aromatic rings. The van der Waals surface area contributed by atoms with Gasteiger partial charge in [0.1, 0.15) is 5.75 Å². The van der Waals surface area contributed by atoms with Crippen LogP contribution < -0.4 is 21.1 Å². The lowest BCUT2D eigenvalue weighted by atomic mass is 10.1. The van der Waals surface area contributed by atoms with Gasteiger partial charge in [-0.15, -0.1) is 0 Å². The first-order valence-corrected chi connectivity index (χ1v) is 10.00. The number of aryl methyl sites for hydroxylation is 1. The van der Waals surface area contributed by atoms with Gasteiger partial charge in [-0.05, 0) is 55.4 Å². The molecule has 0 radical (unpaired) electrons. The predicted octanol–water partition coefficient (Wildman–Crippen LogP) is 4.10. The van der Waals surface area contributed by atoms with Gasteiger partial charge in [-0.3, -0.25) is 9.78 Å². The first-order valence-electron chi connectivity index (χ1n) is 10.00. The van der Waals surface area contributed by atoms with Crippen LogP contribution >= 0.6 is 0 Å². The summed E-state index contributed by atoms with van der Waals surface area (Å²) in [6.07, 6.45) is 7.95. The number of halogens is 1. The van der Waals surface area contributed by atoms with E-state index >= 15 is 0 Å². The van der Waals surface area contributed by atoms with Crippen molar-refractivity contribution in [3.8, 4) is 11.5 Å². The second-order valence-electron chi connectivity index (χ2n) is 6.83. The Balaban J connectivity index is 1.47. The molecule has 31 heavy (non-hydrogen) atoms. The fourth-order valence-corrected chi connectivity index (χ4v) is 2.96. The van der Waals surface area contributed by atoms with Gasteiger partial charge in [-0.1, -0.05) is 30.3 Å². The van der Waals surface area contributed by atoms with Crippen LogP contribution in [0, 0.1) is 5.82 Å². The second-order valence-corrected chi connectivity index (χ2v) is 6.83. The summed E-state index contributed by atoms with van der Waals surface area (Å²) in [7, 11) is 0. The highest BCUT2D eigenvalue weighted by Crippen LogP contribution is 2.29. The van der Waals surface area contributed by atoms with Gasteiger partial charge >= 0.3 is 0 Å². The number of ether oxygens (including phenoxy) is 1. The highest BCUT2D eigenvalue weighted by atomic mass is 19.1. The topological polar surface area (TPSA) is 89.3 Å². The number of nitrogens with zero attached hydrogens (tertiary/aromatic N) is 1. The van der Waals surface area contributed by atoms with Gasteiger partial charge in [0, 0.05) is 29.7 Å². The van der Waals surface area contributed by atoms with Gasteiger partial charge in [0.2, 0.25) is 5.91 Å². The zero-order chi connectivity index (χ0) is 21.9. The summed E-state index contributed by atoms with van der Waals surface area (Å²) >= 11 is 0. The number of carbonyl (C=O) groups is 1. The molecule has 1 heterocycles. The van der Waals surface area contributed by atoms with Crippen LogP contribution in [0.1, 0.15) is 17.5 Å². The third-order valence-electron chi connectivity index (χ3n) is 4.47. The molecule has 160 valence electrons. The van der Waals surface area contributed by atoms with Crippen molar-refractivity contribution < 1.29 is 13.9 Å². The Labute approximate surface area is 181 Å². The summed E-state index contributed by atoms with van der Waals surface area (Å²) in [5.74, 6) is -0.368. The molecule has 0 aliphatic carbocycles. The van der Waals surface area contributed by atoms with E-state index in [4.69, 9.17) is 10.5 Å². The normalized spacial score (nSPS) is 10.9. The summed E-state index contributed by atoms with van der Waals surface area (Å²) in [4.78, 5) is 16.1. The third-order valence-corrected chi connectivity index (χ3v) is 4.47. The molecule has 0 saturated carbocycles. The lowest BCUT2D eigenvalue weighted by molar-refractivity contribution is -0.115. The number of pyridine rings is 1. The molecule has 1 amide bonds. The molecule has 0 unspecified atom stereocenters. The maximum atomic E-state index is 14.5. The molecule has 4 N–H and O–H groups in total. The molecule has 0 bridgehead atoms. The largest absolute Gasteiger partial charge is 0.454 e. The Bertz CT molecular complexity index is 1030. The highest BCUT2D eigenvalue weighted by Gasteiger charge is 2.10. The quantitative estimate of drug-likeness (QED) is 0.430. The van der Waals surface area contributed by atoms with Crippen molar-refractivity contribution in [2.45, 2.75) is 12.8 Å². The number of hydrogen-bond donors (Lipinski definition) is 3. The second kappa shape index (κ2) is 11.5. The molecular weight excluding hydrogens is 395 g/mol. The number of nitrogens with one attached hydrogen (secondary N) is 2. The summed E-state index contributed by atoms with van der Waals surface area (Å²) in [5.41, 5.74) is 7.67. The summed E-state index contributed by atoms with van der Waals surface area (Å²) < 4.78 is 20.1. The molecule has 0 aliphatic rings. The molecule has 0 saturated heterocycles. The van der Waals surface area contributed by atoms with Crippen LogP contribution in [-0.4, -0.2) is 24.0 Å². The molecule has 0 fully saturated rings. The predicted molar refractivity (Wildman–Crippen MR) is 120 cm³/mol. The average molecular weight is 420 g/mol. The number of carbonyl (C=O) groups excluding carboxylic acids is 1. The number of hydrogen-bond acceptors (Lipinski definition) is 5. The van der Waals surface area contributed by atoms with Crippen molar-refractivity contribution in [3.63, 3.8) is 0 Å². The Morgan fingerprint density at radius 2 is 1.97 bits per heavy atom. The van der Waals surface area contributed by atoms with Crippen LogP contribution in [0.3, 0.4) is 0 Å². The van der Waals surface area contributed by atoms with Crippen LogP contribution in [0.5, 0.6) is 11.5 Å². The number of amides is 1. The Morgan fingerprint density at radius 1 is 1.13 bits per heavy atom. The van der Waals surface area contributed by atoms with Gasteiger partial charge < -0.3 is 21.1 Å². The van der Waals surface area contributed by atoms with Crippen LogP contribution in [0.4, 0.5) is 10.1 Å². The van der Waals surface area contributed by atoms with E-state index in [-0.39, 0.29) is 18.2 Å². The van der Waals surface area contributed by atoms with Crippen molar-refractivity contribution in [3.05, 3.63) is 90.1 Å². The molecule has 2 aromatic carbocycles. The van der Waals surface area contributed by atoms with E-state index in [0.29, 0.717) is 17.0 Å². The van der Waals surface area contributed by atoms with Gasteiger partial charge in [0.25, 0.3) is 0 Å². The SMILES string of the molecule is N/C=C\c1cnccc1Oc1ccc(NC(=O)CNCCCc2ccccc2)cc1F. The number of nitrogens with two attached hydrogens (primary N) is 1. The summed E-state index contributed by atoms with van der Waals surface area (Å²) in [5, 5.41) is 5.78. The van der Waals surface area contributed by atoms with Gasteiger partial charge in [0.15, 0.2) is 11.6 Å². The van der Waals surface area contributed by atoms with E-state index < -0.39 is 5.82 Å². The molecule has 0 spiro atoms. The molecule has 3 rings (SSSR count). The van der Waals surface area contributed by atoms with Gasteiger partial charge in [-0.25, -0.2) is 4.39 Å². The van der Waals surface area contributed by atoms with E-state index in [1.165, 1.54) is 23.9 Å². The number of aromatic nitrogens is 1. The molecule has 0 aliphatic heterocycles. The first kappa shape index (κ1) is 22.0. The zero-order valence-corrected chi connectivity index (χ0v) is 17.1. The number of rotatable bonds is 10. The lowest BCUT2D eigenvalue weighted by Gasteiger charge is -2.11. The minimum Gasteiger partial charge on any atom is -0.454 e. The van der Waals surface area contributed by atoms with Crippen molar-refractivity contribution in [1.29, 1.82) is 0 Å². The maximum absolute atomic E-state index is 14.5. The summed E-state index contributed by atoms with van der Waals surface area (Å²) in [6, 6.07) is 16.1. The standard InChI is InChI=1S/C24H25FN4O2/c25-21-15-20(8-9-23(21)31-22-11-14-28-16-19(22)10-12-26)29-24(30)17-27-13-4-7-18-5-2-1-3-6-18/h1-3,5-6,8-12,14-16,27H,4,7,13,17,26H2,(H,29,30)/b12-10-. The van der Waals surface area contributed by atoms with Crippen LogP contribution in [0.15, 0.2) is 73.2 Å². The average Bonchev–Trinajstić information content (AvgIpc) is 2.77. The van der Waals surface area contributed by atoms with Crippen molar-refractivity contribution in [1.82, 2.24) is 10.3 Å². The molecule has 0 atom stereocenters. The van der Waals surface area contributed by atoms with Crippen molar-refractivity contribution in [2.75, 3.05) is 18.4 Å². The van der Waals surface area contributed by atoms with E-state index in [0.717, 1.165) is 19.4 Å². The molecule has 1 aromatic heterocycles. The Kier molecular flexibility index (Phi) is 8.13. The smallest absolute Gasteiger partial charge is 0.238 e. The monoisotopic (exact) mass is 420 g/mol. The maximum Gasteiger partial charge on any atom is 0.238 e. The van der Waals surface area contributed by atoms with Crippen LogP contribution in [0.2, 0.25) is 0 Å². The highest BCUT2D eigenvalue weighted by molar-refractivity contribution is 5.92. The van der Waals surface area contributed by atoms with Crippen LogP contribution in [-0.2, 0) is 11.2 Å². The number of anilines is 1. The first-order chi connectivity index (χ1) is 15.2. The number of benzene rings is 2. The van der Waals surface area contributed by atoms with Gasteiger partial charge in [-0.2, -0.15) is 0 Å².